The van der Waals surface area contributed by atoms with Gasteiger partial charge in [0.2, 0.25) is 23.6 Å². The minimum Gasteiger partial charge on any atom is -0.495 e. The van der Waals surface area contributed by atoms with Crippen molar-refractivity contribution >= 4 is 57.5 Å². The molecule has 3 saturated heterocycles. The molecule has 1 unspecified atom stereocenters. The average Bonchev–Trinajstić information content (AvgIpc) is 4.12. The Morgan fingerprint density at radius 3 is 2.20 bits per heavy atom. The number of carbonyl (C=O) groups is 5. The highest BCUT2D eigenvalue weighted by Gasteiger charge is 2.56. The summed E-state index contributed by atoms with van der Waals surface area (Å²) in [4.78, 5) is 77.7. The first-order chi connectivity index (χ1) is 33.5. The van der Waals surface area contributed by atoms with Crippen molar-refractivity contribution in [2.45, 2.75) is 64.0 Å². The maximum absolute atomic E-state index is 13.3. The van der Waals surface area contributed by atoms with Crippen LogP contribution < -0.4 is 30.3 Å². The first kappa shape index (κ1) is 45.9. The molecule has 0 spiro atoms. The number of hydrogen-bond acceptors (Lipinski definition) is 11. The molecule has 1 aromatic heterocycles. The molecular weight excluding hydrogens is 880 g/mol. The number of pyridine rings is 1. The lowest BCUT2D eigenvalue weighted by Crippen LogP contribution is -2.52. The van der Waals surface area contributed by atoms with Crippen LogP contribution in [-0.2, 0) is 32.1 Å². The molecule has 10 rings (SSSR count). The normalized spacial score (nSPS) is 19.6. The van der Waals surface area contributed by atoms with Gasteiger partial charge in [-0.1, -0.05) is 12.1 Å². The molecular formula is C53H57FN8O7. The van der Waals surface area contributed by atoms with Crippen LogP contribution in [0.15, 0.2) is 91.1 Å². The molecule has 0 radical (unpaired) electrons. The Bertz CT molecular complexity index is 2770. The molecule has 16 heteroatoms. The van der Waals surface area contributed by atoms with Gasteiger partial charge >= 0.3 is 0 Å². The van der Waals surface area contributed by atoms with Crippen molar-refractivity contribution in [3.63, 3.8) is 0 Å². The van der Waals surface area contributed by atoms with E-state index in [-0.39, 0.29) is 30.0 Å². The van der Waals surface area contributed by atoms with E-state index in [0.717, 1.165) is 106 Å². The molecule has 1 atom stereocenters. The number of aryl methyl sites for hydroxylation is 1. The fourth-order valence-corrected chi connectivity index (χ4v) is 10.4. The summed E-state index contributed by atoms with van der Waals surface area (Å²) in [6.45, 7) is 8.52. The van der Waals surface area contributed by atoms with Crippen molar-refractivity contribution < 1.29 is 37.8 Å². The van der Waals surface area contributed by atoms with Crippen molar-refractivity contribution in [3.05, 3.63) is 114 Å². The topological polar surface area (TPSA) is 166 Å². The van der Waals surface area contributed by atoms with Crippen LogP contribution in [0.25, 0.3) is 10.9 Å². The summed E-state index contributed by atoms with van der Waals surface area (Å²) < 4.78 is 25.6. The molecule has 5 heterocycles. The number of anilines is 3. The van der Waals surface area contributed by atoms with Crippen LogP contribution in [0.2, 0.25) is 0 Å². The van der Waals surface area contributed by atoms with E-state index >= 15 is 0 Å². The van der Waals surface area contributed by atoms with E-state index in [4.69, 9.17) is 14.5 Å². The predicted molar refractivity (Wildman–Crippen MR) is 259 cm³/mol. The molecule has 15 nitrogen and oxygen atoms in total. The van der Waals surface area contributed by atoms with E-state index in [0.29, 0.717) is 60.2 Å². The molecule has 1 saturated carbocycles. The molecule has 358 valence electrons. The zero-order valence-corrected chi connectivity index (χ0v) is 38.8. The number of amides is 5. The van der Waals surface area contributed by atoms with Crippen LogP contribution in [0.4, 0.5) is 21.5 Å². The third-order valence-corrected chi connectivity index (χ3v) is 14.6. The number of piperidine rings is 2. The summed E-state index contributed by atoms with van der Waals surface area (Å²) in [7, 11) is 1.69. The summed E-state index contributed by atoms with van der Waals surface area (Å²) in [5, 5.41) is 8.81. The lowest BCUT2D eigenvalue weighted by molar-refractivity contribution is -0.137. The number of rotatable bonds is 15. The second kappa shape index (κ2) is 19.6. The minimum absolute atomic E-state index is 0.123. The highest BCUT2D eigenvalue weighted by Crippen LogP contribution is 2.48. The molecule has 4 aliphatic heterocycles. The number of nitrogens with zero attached hydrogens (tertiary/aromatic N) is 5. The average molecular weight is 937 g/mol. The smallest absolute Gasteiger partial charge is 0.255 e. The Morgan fingerprint density at radius 2 is 1.52 bits per heavy atom. The van der Waals surface area contributed by atoms with E-state index in [1.165, 1.54) is 29.8 Å². The van der Waals surface area contributed by atoms with Crippen molar-refractivity contribution in [3.8, 4) is 17.2 Å². The van der Waals surface area contributed by atoms with Gasteiger partial charge in [0, 0.05) is 87.3 Å². The minimum atomic E-state index is -1.17. The van der Waals surface area contributed by atoms with E-state index in [1.807, 2.05) is 24.3 Å². The third kappa shape index (κ3) is 9.86. The maximum Gasteiger partial charge on any atom is 0.255 e. The van der Waals surface area contributed by atoms with Crippen LogP contribution in [0.3, 0.4) is 0 Å². The van der Waals surface area contributed by atoms with Crippen LogP contribution in [0, 0.1) is 17.2 Å². The van der Waals surface area contributed by atoms with Gasteiger partial charge in [-0.2, -0.15) is 0 Å². The second-order valence-electron chi connectivity index (χ2n) is 19.0. The number of benzene rings is 4. The molecule has 4 fully saturated rings. The molecule has 1 aliphatic carbocycles. The standard InChI is InChI=1S/C53H57FN8O7/c1-68-47-30-41-43(55-22-17-46(41)69-39-13-11-38(12-14-39)57-52(67)53(20-21-53)51(66)56-37-9-7-36(54)8-10-37)31-45(47)61-24-18-34(19-25-61)32-60-28-26-59(27-29-60)23-3-5-35-4-2-6-40-42(35)33-62(50(40)65)44-15-16-48(63)58-49(44)64/h2,4,6-14,17,22,30-31,34,44H,3,5,15-16,18-21,23-29,32-33H2,1H3,(H,56,66)(H,57,67)(H,58,63,64). The number of methoxy groups -OCH3 is 1. The van der Waals surface area contributed by atoms with Gasteiger partial charge in [-0.3, -0.25) is 34.3 Å². The number of carbonyl (C=O) groups excluding carboxylic acids is 5. The zero-order chi connectivity index (χ0) is 47.6. The largest absolute Gasteiger partial charge is 0.495 e. The summed E-state index contributed by atoms with van der Waals surface area (Å²) in [6, 6.07) is 23.6. The molecule has 3 N–H and O–H groups in total. The second-order valence-corrected chi connectivity index (χ2v) is 19.0. The van der Waals surface area contributed by atoms with E-state index in [1.54, 1.807) is 42.5 Å². The first-order valence-corrected chi connectivity index (χ1v) is 24.1. The fraction of sp³-hybridized carbons (Fsp3) is 0.396. The number of fused-ring (bicyclic) bond motifs is 2. The van der Waals surface area contributed by atoms with Crippen molar-refractivity contribution in [1.29, 1.82) is 0 Å². The van der Waals surface area contributed by atoms with Gasteiger partial charge in [0.1, 0.15) is 34.5 Å². The lowest BCUT2D eigenvalue weighted by Gasteiger charge is -2.39. The van der Waals surface area contributed by atoms with Crippen molar-refractivity contribution in [2.24, 2.45) is 11.3 Å². The number of aromatic nitrogens is 1. The van der Waals surface area contributed by atoms with Crippen LogP contribution in [-0.4, -0.2) is 115 Å². The Balaban J connectivity index is 0.677. The third-order valence-electron chi connectivity index (χ3n) is 14.6. The molecule has 5 aliphatic rings. The number of piperazine rings is 1. The maximum atomic E-state index is 13.3. The summed E-state index contributed by atoms with van der Waals surface area (Å²) in [5.41, 5.74) is 4.47. The lowest BCUT2D eigenvalue weighted by atomic mass is 9.95. The monoisotopic (exact) mass is 936 g/mol. The van der Waals surface area contributed by atoms with Crippen LogP contribution >= 0.6 is 0 Å². The molecule has 69 heavy (non-hydrogen) atoms. The van der Waals surface area contributed by atoms with Gasteiger partial charge < -0.3 is 39.7 Å². The fourth-order valence-electron chi connectivity index (χ4n) is 10.4. The number of halogens is 1. The van der Waals surface area contributed by atoms with Gasteiger partial charge in [0.25, 0.3) is 5.91 Å². The van der Waals surface area contributed by atoms with Gasteiger partial charge in [0.15, 0.2) is 0 Å². The van der Waals surface area contributed by atoms with Gasteiger partial charge in [-0.05, 0) is 141 Å². The Hall–Kier alpha value is -6.91. The summed E-state index contributed by atoms with van der Waals surface area (Å²) in [6.07, 6.45) is 7.25. The Morgan fingerprint density at radius 1 is 0.826 bits per heavy atom. The van der Waals surface area contributed by atoms with Gasteiger partial charge in [-0.25, -0.2) is 4.39 Å². The van der Waals surface area contributed by atoms with Gasteiger partial charge in [0.05, 0.1) is 18.3 Å². The number of ether oxygens (including phenoxy) is 2. The molecule has 5 aromatic rings. The zero-order valence-electron chi connectivity index (χ0n) is 38.8. The van der Waals surface area contributed by atoms with Crippen molar-refractivity contribution in [1.82, 2.24) is 25.0 Å². The van der Waals surface area contributed by atoms with Crippen molar-refractivity contribution in [2.75, 3.05) is 75.0 Å². The number of hydrogen-bond donors (Lipinski definition) is 3. The van der Waals surface area contributed by atoms with Crippen LogP contribution in [0.5, 0.6) is 17.2 Å². The Kier molecular flexibility index (Phi) is 13.0. The summed E-state index contributed by atoms with van der Waals surface area (Å²) >= 11 is 0. The molecule has 5 amide bonds. The highest BCUT2D eigenvalue weighted by atomic mass is 19.1. The summed E-state index contributed by atoms with van der Waals surface area (Å²) in [5.74, 6) is 0.561. The number of nitrogens with one attached hydrogen (secondary N) is 3. The predicted octanol–water partition coefficient (Wildman–Crippen LogP) is 6.76. The first-order valence-electron chi connectivity index (χ1n) is 24.1. The van der Waals surface area contributed by atoms with E-state index < -0.39 is 23.2 Å². The van der Waals surface area contributed by atoms with E-state index in [2.05, 4.69) is 42.8 Å². The van der Waals surface area contributed by atoms with E-state index in [9.17, 15) is 28.4 Å². The Labute approximate surface area is 400 Å². The highest BCUT2D eigenvalue weighted by molar-refractivity contribution is 6.17. The SMILES string of the molecule is COc1cc2c(Oc3ccc(NC(=O)C4(C(=O)Nc5ccc(F)cc5)CC4)cc3)ccnc2cc1N1CCC(CN2CCN(CCCc3cccc4c3CN(C3CCC(=O)NC3=O)C4=O)CC2)CC1. The van der Waals surface area contributed by atoms with Gasteiger partial charge in [-0.15, -0.1) is 0 Å². The quantitative estimate of drug-likeness (QED) is 0.0751. The molecule has 4 aromatic carbocycles. The van der Waals surface area contributed by atoms with Crippen LogP contribution in [0.1, 0.15) is 66.4 Å². The number of imide groups is 1. The molecule has 0 bridgehead atoms.